The summed E-state index contributed by atoms with van der Waals surface area (Å²) in [4.78, 5) is 22.5. The highest BCUT2D eigenvalue weighted by molar-refractivity contribution is 6.31. The summed E-state index contributed by atoms with van der Waals surface area (Å²) in [6, 6.07) is 12.5. The van der Waals surface area contributed by atoms with Crippen LogP contribution < -0.4 is 5.32 Å². The summed E-state index contributed by atoms with van der Waals surface area (Å²) in [7, 11) is 0. The van der Waals surface area contributed by atoms with E-state index in [9.17, 15) is 14.9 Å². The molecule has 1 amide bonds. The molecule has 0 spiro atoms. The molecule has 0 unspecified atom stereocenters. The summed E-state index contributed by atoms with van der Waals surface area (Å²) >= 11 is 5.79. The third-order valence-corrected chi connectivity index (χ3v) is 3.13. The Morgan fingerprint density at radius 1 is 1.27 bits per heavy atom. The highest BCUT2D eigenvalue weighted by Crippen LogP contribution is 2.24. The van der Waals surface area contributed by atoms with Crippen LogP contribution >= 0.6 is 11.6 Å². The number of nitro benzene ring substituents is 1. The van der Waals surface area contributed by atoms with Gasteiger partial charge in [0, 0.05) is 16.8 Å². The van der Waals surface area contributed by atoms with Gasteiger partial charge in [0.15, 0.2) is 0 Å². The molecule has 0 aliphatic rings. The lowest BCUT2D eigenvalue weighted by atomic mass is 10.1. The number of hydrogen-bond acceptors (Lipinski definition) is 4. The molecule has 110 valence electrons. The van der Waals surface area contributed by atoms with Crippen LogP contribution in [-0.4, -0.2) is 10.8 Å². The van der Waals surface area contributed by atoms with Crippen molar-refractivity contribution >= 4 is 28.9 Å². The summed E-state index contributed by atoms with van der Waals surface area (Å²) < 4.78 is 0. The number of halogens is 1. The van der Waals surface area contributed by atoms with Gasteiger partial charge in [-0.3, -0.25) is 14.9 Å². The van der Waals surface area contributed by atoms with Crippen LogP contribution in [0, 0.1) is 21.4 Å². The van der Waals surface area contributed by atoms with Gasteiger partial charge in [0.2, 0.25) is 0 Å². The van der Waals surface area contributed by atoms with Crippen LogP contribution in [0.25, 0.3) is 0 Å². The number of nitro groups is 1. The molecule has 2 aromatic rings. The number of rotatable bonds is 4. The summed E-state index contributed by atoms with van der Waals surface area (Å²) in [5.74, 6) is -0.623. The molecule has 0 heterocycles. The summed E-state index contributed by atoms with van der Waals surface area (Å²) in [5, 5.41) is 22.4. The smallest absolute Gasteiger partial charge is 0.282 e. The third kappa shape index (κ3) is 3.59. The number of nitriles is 1. The number of anilines is 1. The van der Waals surface area contributed by atoms with Crippen molar-refractivity contribution in [1.82, 2.24) is 0 Å². The van der Waals surface area contributed by atoms with Crippen LogP contribution in [0.4, 0.5) is 11.4 Å². The van der Waals surface area contributed by atoms with Crippen LogP contribution in [0.2, 0.25) is 5.02 Å². The number of amides is 1. The van der Waals surface area contributed by atoms with Crippen molar-refractivity contribution in [1.29, 1.82) is 5.26 Å². The van der Waals surface area contributed by atoms with Crippen molar-refractivity contribution < 1.29 is 9.72 Å². The van der Waals surface area contributed by atoms with E-state index in [0.717, 1.165) is 5.56 Å². The van der Waals surface area contributed by atoms with Crippen molar-refractivity contribution in [3.63, 3.8) is 0 Å². The van der Waals surface area contributed by atoms with Gasteiger partial charge in [-0.25, -0.2) is 0 Å². The molecule has 6 nitrogen and oxygen atoms in total. The molecule has 0 aliphatic heterocycles. The lowest BCUT2D eigenvalue weighted by Crippen LogP contribution is -2.14. The molecule has 0 radical (unpaired) electrons. The SMILES string of the molecule is N#CCc1ccc(NC(=O)c2cc(Cl)ccc2[N+](=O)[O-])cc1. The molecule has 0 aliphatic carbocycles. The quantitative estimate of drug-likeness (QED) is 0.689. The minimum absolute atomic E-state index is 0.112. The summed E-state index contributed by atoms with van der Waals surface area (Å²) in [6.07, 6.45) is 0.272. The maximum absolute atomic E-state index is 12.2. The number of carbonyl (C=O) groups is 1. The zero-order valence-corrected chi connectivity index (χ0v) is 12.0. The molecular formula is C15H10ClN3O3. The zero-order valence-electron chi connectivity index (χ0n) is 11.2. The first-order valence-electron chi connectivity index (χ1n) is 6.22. The van der Waals surface area contributed by atoms with Crippen molar-refractivity contribution in [3.05, 3.63) is 68.7 Å². The van der Waals surface area contributed by atoms with E-state index >= 15 is 0 Å². The third-order valence-electron chi connectivity index (χ3n) is 2.89. The molecule has 22 heavy (non-hydrogen) atoms. The lowest BCUT2D eigenvalue weighted by Gasteiger charge is -2.07. The first-order valence-corrected chi connectivity index (χ1v) is 6.60. The average Bonchev–Trinajstić information content (AvgIpc) is 2.49. The fraction of sp³-hybridized carbons (Fsp3) is 0.0667. The van der Waals surface area contributed by atoms with Gasteiger partial charge in [-0.15, -0.1) is 0 Å². The monoisotopic (exact) mass is 315 g/mol. The number of carbonyl (C=O) groups excluding carboxylic acids is 1. The van der Waals surface area contributed by atoms with Crippen LogP contribution in [0.1, 0.15) is 15.9 Å². The Morgan fingerprint density at radius 2 is 1.95 bits per heavy atom. The van der Waals surface area contributed by atoms with E-state index in [1.165, 1.54) is 18.2 Å². The van der Waals surface area contributed by atoms with Gasteiger partial charge in [0.25, 0.3) is 11.6 Å². The standard InChI is InChI=1S/C15H10ClN3O3/c16-11-3-6-14(19(21)22)13(9-11)15(20)18-12-4-1-10(2-5-12)7-8-17/h1-6,9H,7H2,(H,18,20). The highest BCUT2D eigenvalue weighted by atomic mass is 35.5. The largest absolute Gasteiger partial charge is 0.322 e. The zero-order chi connectivity index (χ0) is 16.1. The number of hydrogen-bond donors (Lipinski definition) is 1. The lowest BCUT2D eigenvalue weighted by molar-refractivity contribution is -0.385. The molecule has 7 heteroatoms. The second kappa shape index (κ2) is 6.70. The Bertz CT molecular complexity index is 767. The molecule has 0 aromatic heterocycles. The molecule has 1 N–H and O–H groups in total. The average molecular weight is 316 g/mol. The molecular weight excluding hydrogens is 306 g/mol. The first-order chi connectivity index (χ1) is 10.5. The van der Waals surface area contributed by atoms with Gasteiger partial charge in [0.05, 0.1) is 17.4 Å². The Hall–Kier alpha value is -2.91. The molecule has 0 saturated carbocycles. The predicted octanol–water partition coefficient (Wildman–Crippen LogP) is 3.57. The fourth-order valence-electron chi connectivity index (χ4n) is 1.84. The predicted molar refractivity (Wildman–Crippen MR) is 81.8 cm³/mol. The second-order valence-corrected chi connectivity index (χ2v) is 4.84. The van der Waals surface area contributed by atoms with Gasteiger partial charge in [0.1, 0.15) is 5.56 Å². The number of nitrogens with one attached hydrogen (secondary N) is 1. The number of benzene rings is 2. The first kappa shape index (κ1) is 15.5. The minimum Gasteiger partial charge on any atom is -0.322 e. The molecule has 0 fully saturated rings. The highest BCUT2D eigenvalue weighted by Gasteiger charge is 2.20. The van der Waals surface area contributed by atoms with Gasteiger partial charge < -0.3 is 5.32 Å². The Morgan fingerprint density at radius 3 is 2.55 bits per heavy atom. The van der Waals surface area contributed by atoms with Crippen LogP contribution in [0.3, 0.4) is 0 Å². The molecule has 2 aromatic carbocycles. The van der Waals surface area contributed by atoms with E-state index < -0.39 is 10.8 Å². The van der Waals surface area contributed by atoms with E-state index in [1.807, 2.05) is 6.07 Å². The van der Waals surface area contributed by atoms with Crippen LogP contribution in [0.15, 0.2) is 42.5 Å². The van der Waals surface area contributed by atoms with Crippen LogP contribution in [0.5, 0.6) is 0 Å². The Balaban J connectivity index is 2.24. The second-order valence-electron chi connectivity index (χ2n) is 4.40. The van der Waals surface area contributed by atoms with Gasteiger partial charge >= 0.3 is 0 Å². The fourth-order valence-corrected chi connectivity index (χ4v) is 2.02. The van der Waals surface area contributed by atoms with Crippen molar-refractivity contribution in [2.24, 2.45) is 0 Å². The van der Waals surface area contributed by atoms with Crippen molar-refractivity contribution in [3.8, 4) is 6.07 Å². The Labute approximate surface area is 131 Å². The minimum atomic E-state index is -0.638. The normalized spacial score (nSPS) is 9.82. The van der Waals surface area contributed by atoms with E-state index in [1.54, 1.807) is 24.3 Å². The van der Waals surface area contributed by atoms with E-state index in [0.29, 0.717) is 5.69 Å². The van der Waals surface area contributed by atoms with Crippen LogP contribution in [-0.2, 0) is 6.42 Å². The van der Waals surface area contributed by atoms with E-state index in [-0.39, 0.29) is 22.7 Å². The maximum atomic E-state index is 12.2. The van der Waals surface area contributed by atoms with Gasteiger partial charge in [-0.05, 0) is 29.8 Å². The molecule has 0 atom stereocenters. The molecule has 0 saturated heterocycles. The van der Waals surface area contributed by atoms with E-state index in [4.69, 9.17) is 16.9 Å². The Kier molecular flexibility index (Phi) is 4.71. The molecule has 2 rings (SSSR count). The summed E-state index contributed by atoms with van der Waals surface area (Å²) in [6.45, 7) is 0. The van der Waals surface area contributed by atoms with Gasteiger partial charge in [-0.2, -0.15) is 5.26 Å². The maximum Gasteiger partial charge on any atom is 0.282 e. The van der Waals surface area contributed by atoms with E-state index in [2.05, 4.69) is 5.32 Å². The number of nitrogens with zero attached hydrogens (tertiary/aromatic N) is 2. The summed E-state index contributed by atoms with van der Waals surface area (Å²) in [5.41, 5.74) is 0.858. The van der Waals surface area contributed by atoms with Crippen molar-refractivity contribution in [2.45, 2.75) is 6.42 Å². The van der Waals surface area contributed by atoms with Gasteiger partial charge in [-0.1, -0.05) is 23.7 Å². The molecule has 0 bridgehead atoms. The van der Waals surface area contributed by atoms with Crippen molar-refractivity contribution in [2.75, 3.05) is 5.32 Å². The topological polar surface area (TPSA) is 96.0 Å².